The molecule has 1 saturated carbocycles. The minimum Gasteiger partial charge on any atom is -0.359 e. The van der Waals surface area contributed by atoms with Crippen molar-refractivity contribution in [3.8, 4) is 0 Å². The monoisotopic (exact) mass is 589 g/mol. The van der Waals surface area contributed by atoms with Gasteiger partial charge in [0.2, 0.25) is 17.7 Å². The average molecular weight is 590 g/mol. The summed E-state index contributed by atoms with van der Waals surface area (Å²) in [6, 6.07) is 14.2. The number of carbonyl (C=O) groups is 3. The van der Waals surface area contributed by atoms with Gasteiger partial charge in [0.25, 0.3) is 0 Å². The molecule has 222 valence electrons. The van der Waals surface area contributed by atoms with E-state index in [1.165, 1.54) is 5.56 Å². The summed E-state index contributed by atoms with van der Waals surface area (Å²) in [5, 5.41) is 6.92. The Morgan fingerprint density at radius 2 is 1.76 bits per heavy atom. The predicted molar refractivity (Wildman–Crippen MR) is 163 cm³/mol. The maximum atomic E-state index is 14.3. The molecule has 2 aromatic rings. The molecule has 0 aromatic heterocycles. The third-order valence-corrected chi connectivity index (χ3v) is 10.3. The van der Waals surface area contributed by atoms with Crippen LogP contribution in [-0.4, -0.2) is 46.4 Å². The van der Waals surface area contributed by atoms with Gasteiger partial charge in [-0.25, -0.2) is 0 Å². The third-order valence-electron chi connectivity index (χ3n) is 10.1. The van der Waals surface area contributed by atoms with E-state index in [2.05, 4.69) is 38.3 Å². The van der Waals surface area contributed by atoms with Crippen molar-refractivity contribution in [2.45, 2.75) is 83.2 Å². The topological polar surface area (TPSA) is 87.7 Å². The first-order valence-electron chi connectivity index (χ1n) is 15.2. The number of hydrogen-bond acceptors (Lipinski definition) is 4. The summed E-state index contributed by atoms with van der Waals surface area (Å²) >= 11 is 6.12. The highest BCUT2D eigenvalue weighted by Crippen LogP contribution is 2.55. The molecule has 0 radical (unpaired) electrons. The van der Waals surface area contributed by atoms with Crippen molar-refractivity contribution in [3.63, 3.8) is 0 Å². The number of benzene rings is 2. The Kier molecular flexibility index (Phi) is 7.69. The maximum absolute atomic E-state index is 14.3. The number of anilines is 1. The van der Waals surface area contributed by atoms with Gasteiger partial charge in [0.15, 0.2) is 0 Å². The van der Waals surface area contributed by atoms with Gasteiger partial charge in [-0.1, -0.05) is 88.6 Å². The van der Waals surface area contributed by atoms with Gasteiger partial charge in [0.05, 0.1) is 17.9 Å². The lowest BCUT2D eigenvalue weighted by molar-refractivity contribution is -0.142. The molecule has 8 atom stereocenters. The molecule has 1 aliphatic carbocycles. The standard InChI is InChI=1S/C34H40ClN3O4/c1-19(2)23-10-14-25(15-11-23)36-31(39)28-27-16-17-34(42-27)29(28)33(41)38(18-22-8-12-24(35)13-9-22)30(34)32(40)37-26-7-5-6-20(3)21(26)4/h8-17,19-21,26-30H,5-7,18H2,1-4H3,(H,36,39)(H,37,40)/t20-,21+,26-,27-,28+,29-,30-,34-/m1/s1. The summed E-state index contributed by atoms with van der Waals surface area (Å²) in [5.41, 5.74) is 1.50. The zero-order valence-electron chi connectivity index (χ0n) is 24.7. The number of amides is 3. The van der Waals surface area contributed by atoms with Crippen molar-refractivity contribution >= 4 is 35.0 Å². The summed E-state index contributed by atoms with van der Waals surface area (Å²) in [6.45, 7) is 8.88. The Morgan fingerprint density at radius 1 is 1.05 bits per heavy atom. The number of hydrogen-bond donors (Lipinski definition) is 2. The van der Waals surface area contributed by atoms with Crippen LogP contribution in [0.25, 0.3) is 0 Å². The Hall–Kier alpha value is -3.16. The van der Waals surface area contributed by atoms with Crippen LogP contribution in [-0.2, 0) is 25.7 Å². The van der Waals surface area contributed by atoms with E-state index in [9.17, 15) is 14.4 Å². The van der Waals surface area contributed by atoms with Crippen LogP contribution in [0.1, 0.15) is 64.0 Å². The minimum absolute atomic E-state index is 0.0275. The van der Waals surface area contributed by atoms with Gasteiger partial charge in [-0.05, 0) is 59.6 Å². The molecular formula is C34H40ClN3O4. The van der Waals surface area contributed by atoms with Gasteiger partial charge < -0.3 is 20.3 Å². The van der Waals surface area contributed by atoms with Gasteiger partial charge in [0, 0.05) is 23.3 Å². The van der Waals surface area contributed by atoms with Gasteiger partial charge in [-0.15, -0.1) is 0 Å². The third kappa shape index (κ3) is 4.94. The molecule has 3 heterocycles. The quantitative estimate of drug-likeness (QED) is 0.406. The SMILES string of the molecule is CC(C)c1ccc(NC(=O)[C@H]2[C@H]3C=C[C@@]4(O3)[C@H]2C(=O)N(Cc2ccc(Cl)cc2)[C@@H]4C(=O)N[C@@H]2CCC[C@@H](C)[C@@H]2C)cc1. The maximum Gasteiger partial charge on any atom is 0.246 e. The number of carbonyl (C=O) groups excluding carboxylic acids is 3. The molecule has 1 spiro atoms. The summed E-state index contributed by atoms with van der Waals surface area (Å²) in [7, 11) is 0. The van der Waals surface area contributed by atoms with E-state index in [1.807, 2.05) is 48.6 Å². The van der Waals surface area contributed by atoms with Gasteiger partial charge in [-0.2, -0.15) is 0 Å². The van der Waals surface area contributed by atoms with Crippen LogP contribution < -0.4 is 10.6 Å². The molecular weight excluding hydrogens is 550 g/mol. The number of likely N-dealkylation sites (tertiary alicyclic amines) is 1. The van der Waals surface area contributed by atoms with E-state index in [1.54, 1.807) is 17.0 Å². The van der Waals surface area contributed by atoms with Gasteiger partial charge >= 0.3 is 0 Å². The predicted octanol–water partition coefficient (Wildman–Crippen LogP) is 5.69. The Labute approximate surface area is 253 Å². The molecule has 4 aliphatic rings. The summed E-state index contributed by atoms with van der Waals surface area (Å²) in [6.07, 6.45) is 6.25. The van der Waals surface area contributed by atoms with E-state index in [-0.39, 0.29) is 30.3 Å². The molecule has 6 rings (SSSR count). The number of ether oxygens (including phenoxy) is 1. The first-order chi connectivity index (χ1) is 20.1. The van der Waals surface area contributed by atoms with Crippen molar-refractivity contribution in [1.29, 1.82) is 0 Å². The normalized spacial score (nSPS) is 33.2. The van der Waals surface area contributed by atoms with Crippen LogP contribution in [0.5, 0.6) is 0 Å². The second kappa shape index (κ2) is 11.2. The smallest absolute Gasteiger partial charge is 0.246 e. The molecule has 3 aliphatic heterocycles. The Balaban J connectivity index is 1.30. The fraction of sp³-hybridized carbons (Fsp3) is 0.500. The Morgan fingerprint density at radius 3 is 2.45 bits per heavy atom. The lowest BCUT2D eigenvalue weighted by Gasteiger charge is -2.38. The molecule has 2 aromatic carbocycles. The lowest BCUT2D eigenvalue weighted by atomic mass is 9.73. The van der Waals surface area contributed by atoms with Crippen LogP contribution in [0.2, 0.25) is 5.02 Å². The number of nitrogens with zero attached hydrogens (tertiary/aromatic N) is 1. The summed E-state index contributed by atoms with van der Waals surface area (Å²) < 4.78 is 6.52. The van der Waals surface area contributed by atoms with Crippen LogP contribution in [0.3, 0.4) is 0 Å². The Bertz CT molecular complexity index is 1390. The second-order valence-electron chi connectivity index (χ2n) is 12.9. The van der Waals surface area contributed by atoms with Crippen molar-refractivity contribution in [1.82, 2.24) is 10.2 Å². The zero-order valence-corrected chi connectivity index (χ0v) is 25.4. The molecule has 2 saturated heterocycles. The largest absolute Gasteiger partial charge is 0.359 e. The van der Waals surface area contributed by atoms with Gasteiger partial charge in [-0.3, -0.25) is 14.4 Å². The zero-order chi connectivity index (χ0) is 29.8. The molecule has 42 heavy (non-hydrogen) atoms. The van der Waals surface area contributed by atoms with E-state index in [4.69, 9.17) is 16.3 Å². The van der Waals surface area contributed by atoms with E-state index >= 15 is 0 Å². The molecule has 3 amide bonds. The molecule has 7 nitrogen and oxygen atoms in total. The molecule has 2 bridgehead atoms. The van der Waals surface area contributed by atoms with Crippen molar-refractivity contribution in [2.75, 3.05) is 5.32 Å². The second-order valence-corrected chi connectivity index (χ2v) is 13.4. The summed E-state index contributed by atoms with van der Waals surface area (Å²) in [5.74, 6) is -1.06. The fourth-order valence-electron chi connectivity index (χ4n) is 7.45. The van der Waals surface area contributed by atoms with Crippen LogP contribution >= 0.6 is 11.6 Å². The van der Waals surface area contributed by atoms with E-state index < -0.39 is 29.6 Å². The minimum atomic E-state index is -1.20. The highest BCUT2D eigenvalue weighted by Gasteiger charge is 2.72. The number of halogens is 1. The number of fused-ring (bicyclic) bond motifs is 1. The highest BCUT2D eigenvalue weighted by molar-refractivity contribution is 6.30. The summed E-state index contributed by atoms with van der Waals surface area (Å²) in [4.78, 5) is 43.9. The van der Waals surface area contributed by atoms with Crippen molar-refractivity contribution in [2.24, 2.45) is 23.7 Å². The van der Waals surface area contributed by atoms with E-state index in [0.717, 1.165) is 24.8 Å². The van der Waals surface area contributed by atoms with Crippen LogP contribution in [0.4, 0.5) is 5.69 Å². The van der Waals surface area contributed by atoms with Crippen molar-refractivity contribution < 1.29 is 19.1 Å². The first-order valence-corrected chi connectivity index (χ1v) is 15.6. The average Bonchev–Trinajstić information content (AvgIpc) is 3.60. The molecule has 3 fully saturated rings. The van der Waals surface area contributed by atoms with Crippen LogP contribution in [0, 0.1) is 23.7 Å². The fourth-order valence-corrected chi connectivity index (χ4v) is 7.57. The van der Waals surface area contributed by atoms with Crippen molar-refractivity contribution in [3.05, 3.63) is 76.8 Å². The van der Waals surface area contributed by atoms with E-state index in [0.29, 0.717) is 28.5 Å². The lowest BCUT2D eigenvalue weighted by Crippen LogP contribution is -2.57. The molecule has 2 N–H and O–H groups in total. The molecule has 0 unspecified atom stereocenters. The number of rotatable bonds is 7. The highest BCUT2D eigenvalue weighted by atomic mass is 35.5. The number of nitrogens with one attached hydrogen (secondary N) is 2. The van der Waals surface area contributed by atoms with Gasteiger partial charge in [0.1, 0.15) is 11.6 Å². The van der Waals surface area contributed by atoms with Crippen LogP contribution in [0.15, 0.2) is 60.7 Å². The molecule has 8 heteroatoms. The first kappa shape index (κ1) is 28.9.